The lowest BCUT2D eigenvalue weighted by Crippen LogP contribution is -2.47. The molecular weight excluding hydrogens is 252 g/mol. The Labute approximate surface area is 118 Å². The maximum Gasteiger partial charge on any atom is 0.0914 e. The van der Waals surface area contributed by atoms with E-state index in [0.29, 0.717) is 13.2 Å². The van der Waals surface area contributed by atoms with E-state index in [1.807, 2.05) is 18.2 Å². The Morgan fingerprint density at radius 3 is 2.80 bits per heavy atom. The highest BCUT2D eigenvalue weighted by Gasteiger charge is 2.40. The fraction of sp³-hybridized carbons (Fsp3) is 0.438. The van der Waals surface area contributed by atoms with Gasteiger partial charge in [0.2, 0.25) is 0 Å². The molecule has 2 N–H and O–H groups in total. The summed E-state index contributed by atoms with van der Waals surface area (Å²) in [5, 5.41) is 1.10. The minimum absolute atomic E-state index is 0.177. The number of fused-ring (bicyclic) bond motifs is 1. The average Bonchev–Trinajstić information content (AvgIpc) is 2.54. The van der Waals surface area contributed by atoms with Crippen LogP contribution in [0.4, 0.5) is 0 Å². The molecule has 1 saturated heterocycles. The van der Waals surface area contributed by atoms with E-state index in [0.717, 1.165) is 29.3 Å². The van der Waals surface area contributed by atoms with Crippen molar-refractivity contribution in [1.82, 2.24) is 4.98 Å². The normalized spacial score (nSPS) is 19.9. The molecule has 3 rings (SSSR count). The zero-order valence-electron chi connectivity index (χ0n) is 11.7. The van der Waals surface area contributed by atoms with E-state index in [9.17, 15) is 0 Å². The molecule has 1 aromatic heterocycles. The van der Waals surface area contributed by atoms with Gasteiger partial charge in [-0.1, -0.05) is 18.2 Å². The van der Waals surface area contributed by atoms with Gasteiger partial charge in [0, 0.05) is 44.7 Å². The van der Waals surface area contributed by atoms with Crippen molar-refractivity contribution in [2.45, 2.75) is 24.5 Å². The lowest BCUT2D eigenvalue weighted by atomic mass is 9.81. The zero-order chi connectivity index (χ0) is 14.0. The van der Waals surface area contributed by atoms with E-state index in [-0.39, 0.29) is 11.6 Å². The fourth-order valence-electron chi connectivity index (χ4n) is 3.04. The van der Waals surface area contributed by atoms with Crippen molar-refractivity contribution in [2.75, 3.05) is 20.3 Å². The van der Waals surface area contributed by atoms with E-state index in [1.165, 1.54) is 0 Å². The molecular formula is C16H20N2O2. The van der Waals surface area contributed by atoms with Crippen LogP contribution in [0.3, 0.4) is 0 Å². The summed E-state index contributed by atoms with van der Waals surface area (Å²) in [7, 11) is 1.74. The van der Waals surface area contributed by atoms with Crippen molar-refractivity contribution in [2.24, 2.45) is 5.73 Å². The standard InChI is InChI=1S/C16H20N2O2/c1-19-16(7-10-20-11-8-16)15(17)13-4-2-6-14-12(13)5-3-9-18-14/h2-6,9,15H,7-8,10-11,17H2,1H3. The van der Waals surface area contributed by atoms with Crippen LogP contribution in [-0.4, -0.2) is 30.9 Å². The van der Waals surface area contributed by atoms with Gasteiger partial charge in [0.1, 0.15) is 0 Å². The molecule has 2 aromatic rings. The number of methoxy groups -OCH3 is 1. The summed E-state index contributed by atoms with van der Waals surface area (Å²) >= 11 is 0. The minimum atomic E-state index is -0.345. The summed E-state index contributed by atoms with van der Waals surface area (Å²) in [6.07, 6.45) is 3.45. The Morgan fingerprint density at radius 2 is 2.05 bits per heavy atom. The summed E-state index contributed by atoms with van der Waals surface area (Å²) in [6.45, 7) is 1.40. The largest absolute Gasteiger partial charge is 0.381 e. The molecule has 4 heteroatoms. The van der Waals surface area contributed by atoms with Crippen LogP contribution < -0.4 is 5.73 Å². The van der Waals surface area contributed by atoms with Crippen LogP contribution in [0, 0.1) is 0 Å². The quantitative estimate of drug-likeness (QED) is 0.932. The summed E-state index contributed by atoms with van der Waals surface area (Å²) in [5.74, 6) is 0. The lowest BCUT2D eigenvalue weighted by molar-refractivity contribution is -0.104. The van der Waals surface area contributed by atoms with Crippen LogP contribution in [0.5, 0.6) is 0 Å². The number of pyridine rings is 1. The van der Waals surface area contributed by atoms with Gasteiger partial charge >= 0.3 is 0 Å². The molecule has 106 valence electrons. The molecule has 0 amide bonds. The minimum Gasteiger partial charge on any atom is -0.381 e. The molecule has 0 radical (unpaired) electrons. The first-order chi connectivity index (χ1) is 9.77. The number of nitrogens with zero attached hydrogens (tertiary/aromatic N) is 1. The van der Waals surface area contributed by atoms with Gasteiger partial charge in [-0.2, -0.15) is 0 Å². The molecule has 1 aliphatic heterocycles. The highest BCUT2D eigenvalue weighted by molar-refractivity contribution is 5.82. The number of nitrogens with two attached hydrogens (primary N) is 1. The van der Waals surface area contributed by atoms with Gasteiger partial charge in [-0.3, -0.25) is 4.98 Å². The Kier molecular flexibility index (Phi) is 3.70. The van der Waals surface area contributed by atoms with Crippen LogP contribution in [-0.2, 0) is 9.47 Å². The summed E-state index contributed by atoms with van der Waals surface area (Å²) in [4.78, 5) is 4.40. The van der Waals surface area contributed by atoms with Gasteiger partial charge in [0.25, 0.3) is 0 Å². The van der Waals surface area contributed by atoms with Crippen LogP contribution in [0.15, 0.2) is 36.5 Å². The second kappa shape index (κ2) is 5.48. The molecule has 1 atom stereocenters. The summed E-state index contributed by atoms with van der Waals surface area (Å²) < 4.78 is 11.3. The van der Waals surface area contributed by atoms with Crippen molar-refractivity contribution in [3.05, 3.63) is 42.1 Å². The monoisotopic (exact) mass is 272 g/mol. The highest BCUT2D eigenvalue weighted by atomic mass is 16.5. The summed E-state index contributed by atoms with van der Waals surface area (Å²) in [6, 6.07) is 9.93. The number of hydrogen-bond acceptors (Lipinski definition) is 4. The smallest absolute Gasteiger partial charge is 0.0914 e. The van der Waals surface area contributed by atoms with Gasteiger partial charge in [-0.05, 0) is 17.7 Å². The van der Waals surface area contributed by atoms with Crippen LogP contribution in [0.25, 0.3) is 10.9 Å². The second-order valence-electron chi connectivity index (χ2n) is 5.28. The zero-order valence-corrected chi connectivity index (χ0v) is 11.7. The van der Waals surface area contributed by atoms with Crippen LogP contribution in [0.2, 0.25) is 0 Å². The number of aromatic nitrogens is 1. The van der Waals surface area contributed by atoms with Crippen LogP contribution in [0.1, 0.15) is 24.4 Å². The molecule has 20 heavy (non-hydrogen) atoms. The predicted octanol–water partition coefficient (Wildman–Crippen LogP) is 2.43. The summed E-state index contributed by atoms with van der Waals surface area (Å²) in [5.41, 5.74) is 8.30. The number of benzene rings is 1. The first-order valence-electron chi connectivity index (χ1n) is 6.99. The molecule has 4 nitrogen and oxygen atoms in total. The SMILES string of the molecule is COC1(C(N)c2cccc3ncccc23)CCOCC1. The Bertz CT molecular complexity index is 589. The van der Waals surface area contributed by atoms with Gasteiger partial charge in [0.05, 0.1) is 17.2 Å². The molecule has 1 fully saturated rings. The number of rotatable bonds is 3. The maximum atomic E-state index is 6.57. The van der Waals surface area contributed by atoms with E-state index < -0.39 is 0 Å². The van der Waals surface area contributed by atoms with Gasteiger partial charge < -0.3 is 15.2 Å². The van der Waals surface area contributed by atoms with E-state index >= 15 is 0 Å². The lowest BCUT2D eigenvalue weighted by Gasteiger charge is -2.41. The van der Waals surface area contributed by atoms with E-state index in [1.54, 1.807) is 13.3 Å². The Balaban J connectivity index is 2.05. The molecule has 0 aliphatic carbocycles. The van der Waals surface area contributed by atoms with E-state index in [4.69, 9.17) is 15.2 Å². The predicted molar refractivity (Wildman–Crippen MR) is 78.5 cm³/mol. The van der Waals surface area contributed by atoms with Crippen molar-refractivity contribution < 1.29 is 9.47 Å². The van der Waals surface area contributed by atoms with Gasteiger partial charge in [0.15, 0.2) is 0 Å². The first kappa shape index (κ1) is 13.5. The maximum absolute atomic E-state index is 6.57. The van der Waals surface area contributed by atoms with Gasteiger partial charge in [-0.25, -0.2) is 0 Å². The molecule has 0 saturated carbocycles. The van der Waals surface area contributed by atoms with Crippen LogP contribution >= 0.6 is 0 Å². The topological polar surface area (TPSA) is 57.4 Å². The van der Waals surface area contributed by atoms with E-state index in [2.05, 4.69) is 17.1 Å². The van der Waals surface area contributed by atoms with Crippen molar-refractivity contribution >= 4 is 10.9 Å². The fourth-order valence-corrected chi connectivity index (χ4v) is 3.04. The first-order valence-corrected chi connectivity index (χ1v) is 6.99. The average molecular weight is 272 g/mol. The molecule has 0 bridgehead atoms. The van der Waals surface area contributed by atoms with Gasteiger partial charge in [-0.15, -0.1) is 0 Å². The number of hydrogen-bond donors (Lipinski definition) is 1. The van der Waals surface area contributed by atoms with Crippen molar-refractivity contribution in [1.29, 1.82) is 0 Å². The third kappa shape index (κ3) is 2.20. The Hall–Kier alpha value is -1.49. The third-order valence-electron chi connectivity index (χ3n) is 4.33. The Morgan fingerprint density at radius 1 is 1.25 bits per heavy atom. The molecule has 0 spiro atoms. The molecule has 1 aromatic carbocycles. The molecule has 1 unspecified atom stereocenters. The molecule has 2 heterocycles. The van der Waals surface area contributed by atoms with Crippen molar-refractivity contribution in [3.63, 3.8) is 0 Å². The highest BCUT2D eigenvalue weighted by Crippen LogP contribution is 2.37. The van der Waals surface area contributed by atoms with Crippen molar-refractivity contribution in [3.8, 4) is 0 Å². The number of ether oxygens (including phenoxy) is 2. The third-order valence-corrected chi connectivity index (χ3v) is 4.33. The second-order valence-corrected chi connectivity index (χ2v) is 5.28. The molecule has 1 aliphatic rings.